The van der Waals surface area contributed by atoms with E-state index < -0.39 is 0 Å². The number of furan rings is 1. The Morgan fingerprint density at radius 1 is 0.431 bits per heavy atom. The van der Waals surface area contributed by atoms with Crippen molar-refractivity contribution in [2.24, 2.45) is 0 Å². The quantitative estimate of drug-likeness (QED) is 0.175. The molecule has 0 unspecified atom stereocenters. The van der Waals surface area contributed by atoms with E-state index in [9.17, 15) is 2.74 Å². The molecule has 2 aromatic heterocycles. The van der Waals surface area contributed by atoms with Crippen molar-refractivity contribution in [3.8, 4) is 33.4 Å². The largest absolute Gasteiger partial charge is 0.454 e. The molecule has 0 aliphatic carbocycles. The molecular formula is C48H31NOS. The smallest absolute Gasteiger partial charge is 0.159 e. The zero-order valence-corrected chi connectivity index (χ0v) is 28.3. The number of para-hydroxylation sites is 3. The van der Waals surface area contributed by atoms with Crippen LogP contribution in [0.15, 0.2) is 192 Å². The summed E-state index contributed by atoms with van der Waals surface area (Å²) in [7, 11) is 0. The Bertz CT molecular complexity index is 2970. The molecular weight excluding hydrogens is 639 g/mol. The molecule has 0 radical (unpaired) electrons. The van der Waals surface area contributed by atoms with Gasteiger partial charge in [-0.15, -0.1) is 11.3 Å². The molecule has 0 bridgehead atoms. The molecule has 0 aliphatic rings. The molecule has 0 aliphatic heterocycles. The second-order valence-electron chi connectivity index (χ2n) is 12.7. The number of anilines is 3. The molecule has 51 heavy (non-hydrogen) atoms. The van der Waals surface area contributed by atoms with Crippen molar-refractivity contribution < 1.29 is 7.16 Å². The van der Waals surface area contributed by atoms with Crippen LogP contribution in [0, 0.1) is 0 Å². The molecule has 0 fully saturated rings. The Morgan fingerprint density at radius 3 is 1.71 bits per heavy atom. The minimum Gasteiger partial charge on any atom is -0.454 e. The van der Waals surface area contributed by atoms with Gasteiger partial charge in [0.05, 0.1) is 8.43 Å². The van der Waals surface area contributed by atoms with Gasteiger partial charge >= 0.3 is 0 Å². The molecule has 2 heterocycles. The number of benzene rings is 8. The molecule has 10 aromatic rings. The lowest BCUT2D eigenvalue weighted by Crippen LogP contribution is -2.10. The predicted octanol–water partition coefficient (Wildman–Crippen LogP) is 14.4. The van der Waals surface area contributed by atoms with Gasteiger partial charge in [-0.25, -0.2) is 0 Å². The van der Waals surface area contributed by atoms with Crippen LogP contribution in [0.3, 0.4) is 0 Å². The molecule has 2 nitrogen and oxygen atoms in total. The van der Waals surface area contributed by atoms with Gasteiger partial charge in [-0.2, -0.15) is 0 Å². The third kappa shape index (κ3) is 5.01. The van der Waals surface area contributed by atoms with Crippen LogP contribution in [0.25, 0.3) is 75.5 Å². The topological polar surface area (TPSA) is 16.4 Å². The zero-order valence-electron chi connectivity index (χ0n) is 29.5. The molecule has 240 valence electrons. The normalized spacial score (nSPS) is 12.1. The lowest BCUT2D eigenvalue weighted by Gasteiger charge is -2.27. The zero-order chi connectivity index (χ0) is 35.5. The lowest BCUT2D eigenvalue weighted by atomic mass is 9.96. The first-order valence-corrected chi connectivity index (χ1v) is 17.9. The van der Waals surface area contributed by atoms with Crippen molar-refractivity contribution in [3.63, 3.8) is 0 Å². The summed E-state index contributed by atoms with van der Waals surface area (Å²) in [6, 6.07) is 60.4. The summed E-state index contributed by atoms with van der Waals surface area (Å²) in [5.41, 5.74) is 9.41. The Kier molecular flexibility index (Phi) is 6.54. The van der Waals surface area contributed by atoms with E-state index in [1.807, 2.05) is 108 Å². The van der Waals surface area contributed by atoms with Crippen LogP contribution < -0.4 is 4.90 Å². The number of hydrogen-bond donors (Lipinski definition) is 0. The minimum atomic E-state index is 0.275. The fraction of sp³-hybridized carbons (Fsp3) is 0. The number of thiophene rings is 1. The molecule has 0 saturated heterocycles. The molecule has 10 rings (SSSR count). The highest BCUT2D eigenvalue weighted by atomic mass is 32.1. The first-order valence-electron chi connectivity index (χ1n) is 18.1. The highest BCUT2D eigenvalue weighted by Gasteiger charge is 2.22. The fourth-order valence-corrected chi connectivity index (χ4v) is 8.65. The Morgan fingerprint density at radius 2 is 0.980 bits per heavy atom. The van der Waals surface area contributed by atoms with Gasteiger partial charge < -0.3 is 9.32 Å². The SMILES string of the molecule is [2H]c1c(-c2ccccc2)cc(-c2cccc3c2sc2c(-c4ccccc4)cccc23)c([2H])c1N(c1ccccc1)c1cccc2c1oc1ccccc12. The summed E-state index contributed by atoms with van der Waals surface area (Å²) in [5, 5.41) is 4.37. The van der Waals surface area contributed by atoms with Crippen molar-refractivity contribution >= 4 is 70.5 Å². The lowest BCUT2D eigenvalue weighted by molar-refractivity contribution is 0.669. The van der Waals surface area contributed by atoms with Crippen LogP contribution in [-0.2, 0) is 0 Å². The van der Waals surface area contributed by atoms with Crippen LogP contribution >= 0.6 is 11.3 Å². The van der Waals surface area contributed by atoms with Crippen molar-refractivity contribution in [2.75, 3.05) is 4.90 Å². The maximum absolute atomic E-state index is 10.1. The summed E-state index contributed by atoms with van der Waals surface area (Å²) in [5.74, 6) is 0. The third-order valence-corrected chi connectivity index (χ3v) is 10.9. The predicted molar refractivity (Wildman–Crippen MR) is 218 cm³/mol. The van der Waals surface area contributed by atoms with Crippen LogP contribution in [0.5, 0.6) is 0 Å². The number of hydrogen-bond acceptors (Lipinski definition) is 3. The Hall–Kier alpha value is -6.42. The Labute approximate surface area is 302 Å². The first-order chi connectivity index (χ1) is 26.2. The van der Waals surface area contributed by atoms with Crippen molar-refractivity contribution in [1.29, 1.82) is 0 Å². The van der Waals surface area contributed by atoms with Gasteiger partial charge in [0.1, 0.15) is 5.58 Å². The summed E-state index contributed by atoms with van der Waals surface area (Å²) in [4.78, 5) is 2.05. The van der Waals surface area contributed by atoms with E-state index >= 15 is 0 Å². The van der Waals surface area contributed by atoms with Gasteiger partial charge in [-0.05, 0) is 75.8 Å². The van der Waals surface area contributed by atoms with Crippen molar-refractivity contribution in [3.05, 3.63) is 188 Å². The van der Waals surface area contributed by atoms with Crippen LogP contribution in [-0.4, -0.2) is 0 Å². The van der Waals surface area contributed by atoms with Crippen molar-refractivity contribution in [2.45, 2.75) is 0 Å². The summed E-state index contributed by atoms with van der Waals surface area (Å²) in [6.07, 6.45) is 0. The van der Waals surface area contributed by atoms with Crippen molar-refractivity contribution in [1.82, 2.24) is 0 Å². The highest BCUT2D eigenvalue weighted by Crippen LogP contribution is 2.47. The van der Waals surface area contributed by atoms with E-state index in [1.165, 1.54) is 21.2 Å². The second kappa shape index (κ2) is 12.2. The molecule has 8 aromatic carbocycles. The van der Waals surface area contributed by atoms with Crippen LogP contribution in [0.2, 0.25) is 0 Å². The summed E-state index contributed by atoms with van der Waals surface area (Å²) < 4.78 is 29.0. The van der Waals surface area contributed by atoms with Gasteiger partial charge in [0.25, 0.3) is 0 Å². The average molecular weight is 672 g/mol. The maximum Gasteiger partial charge on any atom is 0.159 e. The van der Waals surface area contributed by atoms with Gasteiger partial charge in [0, 0.05) is 42.3 Å². The van der Waals surface area contributed by atoms with Crippen LogP contribution in [0.4, 0.5) is 17.1 Å². The van der Waals surface area contributed by atoms with Gasteiger partial charge in [-0.3, -0.25) is 0 Å². The van der Waals surface area contributed by atoms with E-state index in [2.05, 4.69) is 72.8 Å². The molecule has 0 atom stereocenters. The Balaban J connectivity index is 1.29. The maximum atomic E-state index is 10.1. The summed E-state index contributed by atoms with van der Waals surface area (Å²) in [6.45, 7) is 0. The van der Waals surface area contributed by atoms with E-state index in [0.29, 0.717) is 11.3 Å². The van der Waals surface area contributed by atoms with Gasteiger partial charge in [-0.1, -0.05) is 146 Å². The second-order valence-corrected chi connectivity index (χ2v) is 13.7. The van der Waals surface area contributed by atoms with Gasteiger partial charge in [0.15, 0.2) is 5.58 Å². The highest BCUT2D eigenvalue weighted by molar-refractivity contribution is 7.26. The minimum absolute atomic E-state index is 0.275. The van der Waals surface area contributed by atoms with E-state index in [4.69, 9.17) is 4.42 Å². The molecule has 0 N–H and O–H groups in total. The van der Waals surface area contributed by atoms with E-state index in [0.717, 1.165) is 60.1 Å². The van der Waals surface area contributed by atoms with Gasteiger partial charge in [0.2, 0.25) is 0 Å². The number of rotatable bonds is 6. The van der Waals surface area contributed by atoms with E-state index in [-0.39, 0.29) is 12.1 Å². The number of fused-ring (bicyclic) bond motifs is 6. The molecule has 0 amide bonds. The van der Waals surface area contributed by atoms with Crippen LogP contribution in [0.1, 0.15) is 2.74 Å². The molecule has 0 spiro atoms. The number of nitrogens with zero attached hydrogens (tertiary/aromatic N) is 1. The average Bonchev–Trinajstić information content (AvgIpc) is 3.80. The molecule has 3 heteroatoms. The van der Waals surface area contributed by atoms with E-state index in [1.54, 1.807) is 11.3 Å². The first kappa shape index (κ1) is 27.4. The fourth-order valence-electron chi connectivity index (χ4n) is 7.28. The summed E-state index contributed by atoms with van der Waals surface area (Å²) >= 11 is 1.77. The standard InChI is InChI=1S/C48H31NOS/c1-4-15-32(16-5-1)34-29-35(39-23-13-26-43-42-25-12-22-38(47(42)51-48(39)43)33-17-6-2-7-18-33)31-37(30-34)49(36-19-8-3-9-20-36)44-27-14-24-41-40-21-10-11-28-45(40)50-46(41)44/h1-31H/i30D,31D. The third-order valence-electron chi connectivity index (χ3n) is 9.64. The monoisotopic (exact) mass is 671 g/mol. The molecule has 0 saturated carbocycles.